The molecule has 0 saturated carbocycles. The van der Waals surface area contributed by atoms with Crippen molar-refractivity contribution in [3.63, 3.8) is 0 Å². The zero-order valence-corrected chi connectivity index (χ0v) is 11.7. The Morgan fingerprint density at radius 3 is 2.81 bits per heavy atom. The molecule has 0 aliphatic rings. The monoisotopic (exact) mass is 289 g/mol. The molecule has 1 unspecified atom stereocenters. The van der Waals surface area contributed by atoms with Crippen LogP contribution in [0.3, 0.4) is 0 Å². The van der Waals surface area contributed by atoms with Crippen LogP contribution in [0.4, 0.5) is 0 Å². The molecular weight excluding hydrogens is 270 g/mol. The van der Waals surface area contributed by atoms with Gasteiger partial charge in [-0.15, -0.1) is 0 Å². The lowest BCUT2D eigenvalue weighted by Crippen LogP contribution is -2.21. The standard InChI is InChI=1S/C11H20BrN3O/c1-4-6-16-7-5-10(13-2)11-9(12)8-14-15(11)3/h8,10,13H,4-7H2,1-3H3. The molecule has 1 atom stereocenters. The van der Waals surface area contributed by atoms with Gasteiger partial charge >= 0.3 is 0 Å². The van der Waals surface area contributed by atoms with Crippen LogP contribution >= 0.6 is 15.9 Å². The molecule has 0 aliphatic carbocycles. The summed E-state index contributed by atoms with van der Waals surface area (Å²) >= 11 is 3.52. The summed E-state index contributed by atoms with van der Waals surface area (Å²) in [7, 11) is 3.92. The van der Waals surface area contributed by atoms with E-state index < -0.39 is 0 Å². The molecule has 92 valence electrons. The second kappa shape index (κ2) is 7.04. The summed E-state index contributed by atoms with van der Waals surface area (Å²) in [5, 5.41) is 7.51. The second-order valence-electron chi connectivity index (χ2n) is 3.74. The Morgan fingerprint density at radius 1 is 1.56 bits per heavy atom. The predicted molar refractivity (Wildman–Crippen MR) is 68.4 cm³/mol. The summed E-state index contributed by atoms with van der Waals surface area (Å²) in [5.74, 6) is 0. The van der Waals surface area contributed by atoms with E-state index in [0.717, 1.165) is 30.5 Å². The minimum absolute atomic E-state index is 0.277. The van der Waals surface area contributed by atoms with Gasteiger partial charge in [0.05, 0.1) is 22.4 Å². The summed E-state index contributed by atoms with van der Waals surface area (Å²) in [6, 6.07) is 0.277. The fourth-order valence-corrected chi connectivity index (χ4v) is 2.30. The van der Waals surface area contributed by atoms with E-state index in [4.69, 9.17) is 4.74 Å². The van der Waals surface area contributed by atoms with Crippen LogP contribution in [0.15, 0.2) is 10.7 Å². The van der Waals surface area contributed by atoms with E-state index in [2.05, 4.69) is 33.3 Å². The quantitative estimate of drug-likeness (QED) is 0.783. The highest BCUT2D eigenvalue weighted by Crippen LogP contribution is 2.24. The lowest BCUT2D eigenvalue weighted by atomic mass is 10.1. The van der Waals surface area contributed by atoms with Crippen LogP contribution in [0.25, 0.3) is 0 Å². The van der Waals surface area contributed by atoms with Crippen LogP contribution < -0.4 is 5.32 Å². The molecule has 5 heteroatoms. The minimum Gasteiger partial charge on any atom is -0.381 e. The molecule has 0 amide bonds. The van der Waals surface area contributed by atoms with Crippen LogP contribution in [0, 0.1) is 0 Å². The number of nitrogens with zero attached hydrogens (tertiary/aromatic N) is 2. The van der Waals surface area contributed by atoms with Crippen molar-refractivity contribution in [3.8, 4) is 0 Å². The summed E-state index contributed by atoms with van der Waals surface area (Å²) in [6.45, 7) is 3.73. The fraction of sp³-hybridized carbons (Fsp3) is 0.727. The first-order chi connectivity index (χ1) is 7.70. The number of hydrogen-bond donors (Lipinski definition) is 1. The van der Waals surface area contributed by atoms with Crippen molar-refractivity contribution < 1.29 is 4.74 Å². The SMILES string of the molecule is CCCOCCC(NC)c1c(Br)cnn1C. The van der Waals surface area contributed by atoms with Gasteiger partial charge in [-0.2, -0.15) is 5.10 Å². The fourth-order valence-electron chi connectivity index (χ4n) is 1.68. The zero-order valence-electron chi connectivity index (χ0n) is 10.2. The van der Waals surface area contributed by atoms with Gasteiger partial charge in [-0.3, -0.25) is 4.68 Å². The van der Waals surface area contributed by atoms with Crippen LogP contribution in [0.5, 0.6) is 0 Å². The lowest BCUT2D eigenvalue weighted by molar-refractivity contribution is 0.124. The summed E-state index contributed by atoms with van der Waals surface area (Å²) < 4.78 is 8.45. The number of nitrogens with one attached hydrogen (secondary N) is 1. The topological polar surface area (TPSA) is 39.1 Å². The first-order valence-corrected chi connectivity index (χ1v) is 6.42. The first kappa shape index (κ1) is 13.7. The van der Waals surface area contributed by atoms with Crippen LogP contribution in [-0.2, 0) is 11.8 Å². The highest BCUT2D eigenvalue weighted by molar-refractivity contribution is 9.10. The van der Waals surface area contributed by atoms with Gasteiger partial charge in [0.25, 0.3) is 0 Å². The zero-order chi connectivity index (χ0) is 12.0. The maximum atomic E-state index is 5.51. The number of hydrogen-bond acceptors (Lipinski definition) is 3. The molecule has 1 aromatic heterocycles. The van der Waals surface area contributed by atoms with Gasteiger partial charge in [0.2, 0.25) is 0 Å². The molecule has 16 heavy (non-hydrogen) atoms. The van der Waals surface area contributed by atoms with Crippen molar-refractivity contribution in [1.82, 2.24) is 15.1 Å². The molecule has 0 aromatic carbocycles. The number of aromatic nitrogens is 2. The van der Waals surface area contributed by atoms with E-state index in [0.29, 0.717) is 0 Å². The van der Waals surface area contributed by atoms with E-state index in [1.54, 1.807) is 0 Å². The third-order valence-electron chi connectivity index (χ3n) is 2.52. The van der Waals surface area contributed by atoms with E-state index in [-0.39, 0.29) is 6.04 Å². The molecule has 0 spiro atoms. The van der Waals surface area contributed by atoms with E-state index >= 15 is 0 Å². The molecule has 0 saturated heterocycles. The third-order valence-corrected chi connectivity index (χ3v) is 3.13. The molecule has 0 radical (unpaired) electrons. The van der Waals surface area contributed by atoms with Gasteiger partial charge in [-0.1, -0.05) is 6.92 Å². The molecule has 0 aliphatic heterocycles. The van der Waals surface area contributed by atoms with Crippen molar-refractivity contribution in [2.24, 2.45) is 7.05 Å². The molecule has 1 heterocycles. The van der Waals surface area contributed by atoms with Gasteiger partial charge in [0.15, 0.2) is 0 Å². The van der Waals surface area contributed by atoms with E-state index in [1.807, 2.05) is 25.0 Å². The second-order valence-corrected chi connectivity index (χ2v) is 4.60. The summed E-state index contributed by atoms with van der Waals surface area (Å²) in [4.78, 5) is 0. The Morgan fingerprint density at radius 2 is 2.31 bits per heavy atom. The van der Waals surface area contributed by atoms with E-state index in [9.17, 15) is 0 Å². The Balaban J connectivity index is 2.54. The van der Waals surface area contributed by atoms with Gasteiger partial charge in [-0.25, -0.2) is 0 Å². The summed E-state index contributed by atoms with van der Waals surface area (Å²) in [6.07, 6.45) is 3.85. The maximum absolute atomic E-state index is 5.51. The predicted octanol–water partition coefficient (Wildman–Crippen LogP) is 2.26. The van der Waals surface area contributed by atoms with Crippen molar-refractivity contribution >= 4 is 15.9 Å². The average molecular weight is 290 g/mol. The van der Waals surface area contributed by atoms with Crippen molar-refractivity contribution in [2.75, 3.05) is 20.3 Å². The molecule has 4 nitrogen and oxygen atoms in total. The van der Waals surface area contributed by atoms with Crippen LogP contribution in [0.2, 0.25) is 0 Å². The van der Waals surface area contributed by atoms with Crippen molar-refractivity contribution in [2.45, 2.75) is 25.8 Å². The van der Waals surface area contributed by atoms with Gasteiger partial charge in [-0.05, 0) is 35.8 Å². The molecule has 1 rings (SSSR count). The maximum Gasteiger partial charge on any atom is 0.0693 e. The normalized spacial score (nSPS) is 13.0. The Kier molecular flexibility index (Phi) is 6.01. The highest BCUT2D eigenvalue weighted by Gasteiger charge is 2.16. The smallest absolute Gasteiger partial charge is 0.0693 e. The van der Waals surface area contributed by atoms with Gasteiger partial charge in [0.1, 0.15) is 0 Å². The Labute approximate surface area is 105 Å². The highest BCUT2D eigenvalue weighted by atomic mass is 79.9. The largest absolute Gasteiger partial charge is 0.381 e. The third kappa shape index (κ3) is 3.57. The van der Waals surface area contributed by atoms with Crippen LogP contribution in [-0.4, -0.2) is 30.0 Å². The number of aryl methyl sites for hydroxylation is 1. The molecule has 1 N–H and O–H groups in total. The molecule has 0 bridgehead atoms. The first-order valence-electron chi connectivity index (χ1n) is 5.63. The van der Waals surface area contributed by atoms with Crippen molar-refractivity contribution in [1.29, 1.82) is 0 Å². The molecule has 1 aromatic rings. The molecule has 0 fully saturated rings. The number of rotatable bonds is 7. The van der Waals surface area contributed by atoms with E-state index in [1.165, 1.54) is 5.69 Å². The number of ether oxygens (including phenoxy) is 1. The summed E-state index contributed by atoms with van der Waals surface area (Å²) in [5.41, 5.74) is 1.17. The van der Waals surface area contributed by atoms with Gasteiger partial charge < -0.3 is 10.1 Å². The van der Waals surface area contributed by atoms with Crippen LogP contribution in [0.1, 0.15) is 31.5 Å². The van der Waals surface area contributed by atoms with Crippen molar-refractivity contribution in [3.05, 3.63) is 16.4 Å². The number of halogens is 1. The Hall–Kier alpha value is -0.390. The Bertz CT molecular complexity index is 295. The molecular formula is C11H20BrN3O. The van der Waals surface area contributed by atoms with Gasteiger partial charge in [0, 0.05) is 20.3 Å². The minimum atomic E-state index is 0.277. The average Bonchev–Trinajstić information content (AvgIpc) is 2.60. The lowest BCUT2D eigenvalue weighted by Gasteiger charge is -2.17.